The van der Waals surface area contributed by atoms with Gasteiger partial charge in [-0.25, -0.2) is 9.59 Å². The van der Waals surface area contributed by atoms with Crippen LogP contribution in [0.5, 0.6) is 0 Å². The van der Waals surface area contributed by atoms with E-state index in [4.69, 9.17) is 10.2 Å². The molecule has 2 N–H and O–H groups in total. The Hall–Kier alpha value is -2.92. The molecule has 5 rings (SSSR count). The zero-order valence-corrected chi connectivity index (χ0v) is 20.8. The van der Waals surface area contributed by atoms with Gasteiger partial charge in [0.25, 0.3) is 0 Å². The zero-order chi connectivity index (χ0) is 25.1. The predicted molar refractivity (Wildman–Crippen MR) is 140 cm³/mol. The summed E-state index contributed by atoms with van der Waals surface area (Å²) < 4.78 is 0. The SMILES string of the molecule is CCCCCC(CC1CC2CCN1CC2)(c1ccccc1)c1ccccc1.O=C(O)/C=C\C(=O)O. The van der Waals surface area contributed by atoms with Crippen LogP contribution in [0.1, 0.15) is 69.4 Å². The van der Waals surface area contributed by atoms with E-state index in [0.29, 0.717) is 12.2 Å². The summed E-state index contributed by atoms with van der Waals surface area (Å²) in [6.07, 6.45) is 11.9. The molecule has 0 saturated carbocycles. The molecule has 2 aromatic rings. The lowest BCUT2D eigenvalue weighted by Crippen LogP contribution is -2.51. The number of aliphatic carboxylic acids is 2. The lowest BCUT2D eigenvalue weighted by molar-refractivity contribution is -0.134. The highest BCUT2D eigenvalue weighted by atomic mass is 16.4. The summed E-state index contributed by atoms with van der Waals surface area (Å²) in [5.74, 6) is -1.54. The molecule has 5 heteroatoms. The monoisotopic (exact) mass is 477 g/mol. The number of carboxylic acids is 2. The van der Waals surface area contributed by atoms with Crippen LogP contribution in [0.3, 0.4) is 0 Å². The second kappa shape index (κ2) is 13.2. The molecule has 0 spiro atoms. The van der Waals surface area contributed by atoms with Gasteiger partial charge < -0.3 is 15.1 Å². The Labute approximate surface area is 209 Å². The van der Waals surface area contributed by atoms with Crippen molar-refractivity contribution in [2.75, 3.05) is 13.1 Å². The topological polar surface area (TPSA) is 77.8 Å². The quantitative estimate of drug-likeness (QED) is 0.317. The minimum atomic E-state index is -1.26. The van der Waals surface area contributed by atoms with Gasteiger partial charge in [0.05, 0.1) is 0 Å². The van der Waals surface area contributed by atoms with Gasteiger partial charge in [0.15, 0.2) is 0 Å². The average molecular weight is 478 g/mol. The van der Waals surface area contributed by atoms with Crippen LogP contribution in [-0.2, 0) is 15.0 Å². The van der Waals surface area contributed by atoms with E-state index in [-0.39, 0.29) is 5.41 Å². The number of hydrogen-bond acceptors (Lipinski definition) is 3. The van der Waals surface area contributed by atoms with E-state index < -0.39 is 11.9 Å². The van der Waals surface area contributed by atoms with E-state index in [0.717, 1.165) is 12.0 Å². The molecule has 3 saturated heterocycles. The lowest BCUT2D eigenvalue weighted by atomic mass is 9.65. The van der Waals surface area contributed by atoms with Gasteiger partial charge in [-0.2, -0.15) is 0 Å². The number of carboxylic acid groups (broad SMARTS) is 2. The Morgan fingerprint density at radius 2 is 1.40 bits per heavy atom. The highest BCUT2D eigenvalue weighted by Crippen LogP contribution is 2.45. The highest BCUT2D eigenvalue weighted by Gasteiger charge is 2.41. The molecule has 0 aromatic heterocycles. The van der Waals surface area contributed by atoms with E-state index in [1.165, 1.54) is 75.6 Å². The molecule has 188 valence electrons. The first-order valence-corrected chi connectivity index (χ1v) is 12.9. The number of unbranched alkanes of at least 4 members (excludes halogenated alkanes) is 2. The van der Waals surface area contributed by atoms with Crippen molar-refractivity contribution in [3.05, 3.63) is 83.9 Å². The number of fused-ring (bicyclic) bond motifs is 3. The third-order valence-corrected chi connectivity index (χ3v) is 7.58. The van der Waals surface area contributed by atoms with Gasteiger partial charge in [-0.1, -0.05) is 86.8 Å². The van der Waals surface area contributed by atoms with Crippen molar-refractivity contribution < 1.29 is 19.8 Å². The Balaban J connectivity index is 0.000000371. The second-order valence-corrected chi connectivity index (χ2v) is 9.85. The lowest BCUT2D eigenvalue weighted by Gasteiger charge is -2.49. The number of rotatable bonds is 10. The minimum absolute atomic E-state index is 0.153. The summed E-state index contributed by atoms with van der Waals surface area (Å²) in [5.41, 5.74) is 3.20. The Morgan fingerprint density at radius 1 is 0.886 bits per heavy atom. The molecule has 0 radical (unpaired) electrons. The average Bonchev–Trinajstić information content (AvgIpc) is 2.89. The highest BCUT2D eigenvalue weighted by molar-refractivity contribution is 5.89. The van der Waals surface area contributed by atoms with Crippen molar-refractivity contribution in [2.45, 2.75) is 69.7 Å². The zero-order valence-electron chi connectivity index (χ0n) is 20.8. The maximum Gasteiger partial charge on any atom is 0.328 e. The Bertz CT molecular complexity index is 893. The molecule has 1 unspecified atom stereocenters. The molecule has 0 aliphatic carbocycles. The Morgan fingerprint density at radius 3 is 1.80 bits per heavy atom. The number of benzene rings is 2. The fraction of sp³-hybridized carbons (Fsp3) is 0.467. The fourth-order valence-electron chi connectivity index (χ4n) is 5.83. The minimum Gasteiger partial charge on any atom is -0.478 e. The summed E-state index contributed by atoms with van der Waals surface area (Å²) in [6.45, 7) is 4.96. The first kappa shape index (κ1) is 26.7. The van der Waals surface area contributed by atoms with E-state index in [9.17, 15) is 9.59 Å². The van der Waals surface area contributed by atoms with Gasteiger partial charge in [-0.15, -0.1) is 0 Å². The summed E-state index contributed by atoms with van der Waals surface area (Å²) in [4.78, 5) is 21.9. The van der Waals surface area contributed by atoms with E-state index in [1.54, 1.807) is 0 Å². The van der Waals surface area contributed by atoms with Crippen LogP contribution in [0.15, 0.2) is 72.8 Å². The molecule has 0 amide bonds. The van der Waals surface area contributed by atoms with Gasteiger partial charge in [0.2, 0.25) is 0 Å². The van der Waals surface area contributed by atoms with E-state index in [1.807, 2.05) is 0 Å². The van der Waals surface area contributed by atoms with Crippen molar-refractivity contribution in [1.82, 2.24) is 4.90 Å². The standard InChI is InChI=1S/C26H35N.C4H4O4/c1-2-3-10-17-26(23-11-6-4-7-12-23,24-13-8-5-9-14-24)21-25-20-22-15-18-27(25)19-16-22;5-3(6)1-2-4(7)8/h4-9,11-14,22,25H,2-3,10,15-21H2,1H3;1-2H,(H,5,6)(H,7,8)/b;2-1-. The van der Waals surface area contributed by atoms with Crippen molar-refractivity contribution >= 4 is 11.9 Å². The third kappa shape index (κ3) is 7.53. The van der Waals surface area contributed by atoms with Gasteiger partial charge in [-0.3, -0.25) is 0 Å². The smallest absolute Gasteiger partial charge is 0.328 e. The predicted octanol–water partition coefficient (Wildman–Crippen LogP) is 6.14. The largest absolute Gasteiger partial charge is 0.478 e. The molecule has 3 aliphatic rings. The van der Waals surface area contributed by atoms with Crippen LogP contribution in [0, 0.1) is 5.92 Å². The second-order valence-electron chi connectivity index (χ2n) is 9.85. The van der Waals surface area contributed by atoms with Crippen LogP contribution in [0.25, 0.3) is 0 Å². The van der Waals surface area contributed by atoms with Gasteiger partial charge >= 0.3 is 11.9 Å². The first-order chi connectivity index (χ1) is 16.9. The Kier molecular flexibility index (Phi) is 10.1. The molecule has 35 heavy (non-hydrogen) atoms. The van der Waals surface area contributed by atoms with E-state index in [2.05, 4.69) is 72.5 Å². The molecule has 2 bridgehead atoms. The maximum absolute atomic E-state index is 9.55. The van der Waals surface area contributed by atoms with Crippen molar-refractivity contribution in [1.29, 1.82) is 0 Å². The van der Waals surface area contributed by atoms with Crippen LogP contribution in [0.4, 0.5) is 0 Å². The third-order valence-electron chi connectivity index (χ3n) is 7.58. The van der Waals surface area contributed by atoms with Gasteiger partial charge in [0, 0.05) is 23.6 Å². The van der Waals surface area contributed by atoms with Gasteiger partial charge in [0.1, 0.15) is 0 Å². The number of hydrogen-bond donors (Lipinski definition) is 2. The van der Waals surface area contributed by atoms with E-state index >= 15 is 0 Å². The molecule has 3 fully saturated rings. The summed E-state index contributed by atoms with van der Waals surface area (Å²) in [5, 5.41) is 15.6. The molecule has 1 atom stereocenters. The molecule has 3 heterocycles. The summed E-state index contributed by atoms with van der Waals surface area (Å²) >= 11 is 0. The van der Waals surface area contributed by atoms with Crippen molar-refractivity contribution in [2.24, 2.45) is 5.92 Å². The molecule has 3 aliphatic heterocycles. The number of nitrogens with zero attached hydrogens (tertiary/aromatic N) is 1. The summed E-state index contributed by atoms with van der Waals surface area (Å²) in [6, 6.07) is 23.6. The molecule has 2 aromatic carbocycles. The van der Waals surface area contributed by atoms with Crippen LogP contribution in [0.2, 0.25) is 0 Å². The first-order valence-electron chi connectivity index (χ1n) is 12.9. The van der Waals surface area contributed by atoms with Crippen LogP contribution >= 0.6 is 0 Å². The molecule has 5 nitrogen and oxygen atoms in total. The van der Waals surface area contributed by atoms with Crippen molar-refractivity contribution in [3.63, 3.8) is 0 Å². The molecular weight excluding hydrogens is 438 g/mol. The van der Waals surface area contributed by atoms with Crippen LogP contribution in [-0.4, -0.2) is 46.2 Å². The fourth-order valence-corrected chi connectivity index (χ4v) is 5.83. The maximum atomic E-state index is 9.55. The number of carbonyl (C=O) groups is 2. The normalized spacial score (nSPS) is 21.3. The van der Waals surface area contributed by atoms with Gasteiger partial charge in [-0.05, 0) is 62.2 Å². The summed E-state index contributed by atoms with van der Waals surface area (Å²) in [7, 11) is 0. The molecular formula is C30H39NO4. The number of piperidine rings is 3. The van der Waals surface area contributed by atoms with Crippen LogP contribution < -0.4 is 0 Å². The van der Waals surface area contributed by atoms with Crippen molar-refractivity contribution in [3.8, 4) is 0 Å².